The van der Waals surface area contributed by atoms with E-state index in [4.69, 9.17) is 11.6 Å². The third-order valence-electron chi connectivity index (χ3n) is 5.24. The number of rotatable bonds is 5. The summed E-state index contributed by atoms with van der Waals surface area (Å²) in [6, 6.07) is 21.6. The summed E-state index contributed by atoms with van der Waals surface area (Å²) >= 11 is 5.98. The summed E-state index contributed by atoms with van der Waals surface area (Å²) < 4.78 is 37.2. The van der Waals surface area contributed by atoms with Crippen LogP contribution in [0.4, 0.5) is 18.9 Å². The lowest BCUT2D eigenvalue weighted by molar-refractivity contribution is -0.167. The zero-order chi connectivity index (χ0) is 25.9. The Balaban J connectivity index is 1.56. The highest BCUT2D eigenvalue weighted by Crippen LogP contribution is 2.26. The fraction of sp³-hybridized carbons (Fsp3) is 0.0769. The molecule has 0 aliphatic carbocycles. The molecular formula is C26H18ClF3N4O2. The van der Waals surface area contributed by atoms with Crippen LogP contribution in [0.2, 0.25) is 5.02 Å². The van der Waals surface area contributed by atoms with Gasteiger partial charge in [0.25, 0.3) is 5.91 Å². The van der Waals surface area contributed by atoms with E-state index in [0.29, 0.717) is 38.5 Å². The van der Waals surface area contributed by atoms with Gasteiger partial charge in [-0.1, -0.05) is 54.1 Å². The molecule has 2 amide bonds. The number of hydrogen-bond acceptors (Lipinski definition) is 4. The molecule has 0 atom stereocenters. The van der Waals surface area contributed by atoms with Gasteiger partial charge in [0.1, 0.15) is 0 Å². The van der Waals surface area contributed by atoms with Crippen LogP contribution in [0.15, 0.2) is 84.0 Å². The molecule has 0 saturated carbocycles. The number of para-hydroxylation sites is 1. The van der Waals surface area contributed by atoms with Crippen LogP contribution in [0.1, 0.15) is 22.8 Å². The molecule has 0 bridgehead atoms. The number of nitrogens with zero attached hydrogens (tertiary/aromatic N) is 2. The summed E-state index contributed by atoms with van der Waals surface area (Å²) in [7, 11) is 0. The minimum Gasteiger partial charge on any atom is -0.318 e. The van der Waals surface area contributed by atoms with Gasteiger partial charge < -0.3 is 5.32 Å². The van der Waals surface area contributed by atoms with Gasteiger partial charge in [0.15, 0.2) is 0 Å². The van der Waals surface area contributed by atoms with E-state index in [2.05, 4.69) is 15.5 Å². The van der Waals surface area contributed by atoms with Gasteiger partial charge >= 0.3 is 12.1 Å². The van der Waals surface area contributed by atoms with Crippen molar-refractivity contribution in [2.24, 2.45) is 5.10 Å². The number of aromatic nitrogens is 1. The molecule has 1 aromatic heterocycles. The van der Waals surface area contributed by atoms with Crippen LogP contribution in [-0.4, -0.2) is 28.7 Å². The maximum Gasteiger partial charge on any atom is 0.471 e. The first-order valence-corrected chi connectivity index (χ1v) is 11.0. The number of benzene rings is 3. The van der Waals surface area contributed by atoms with Crippen molar-refractivity contribution in [3.63, 3.8) is 0 Å². The number of carbonyl (C=O) groups is 2. The van der Waals surface area contributed by atoms with E-state index >= 15 is 0 Å². The van der Waals surface area contributed by atoms with Crippen LogP contribution in [0.3, 0.4) is 0 Å². The van der Waals surface area contributed by atoms with Gasteiger partial charge in [0.2, 0.25) is 0 Å². The van der Waals surface area contributed by atoms with Gasteiger partial charge in [0.05, 0.1) is 22.5 Å². The van der Waals surface area contributed by atoms with Crippen molar-refractivity contribution in [1.29, 1.82) is 0 Å². The molecule has 0 spiro atoms. The lowest BCUT2D eigenvalue weighted by atomic mass is 10.0. The second kappa shape index (κ2) is 10.2. The smallest absolute Gasteiger partial charge is 0.318 e. The first kappa shape index (κ1) is 24.9. The lowest BCUT2D eigenvalue weighted by Gasteiger charge is -2.10. The molecule has 4 aromatic rings. The largest absolute Gasteiger partial charge is 0.471 e. The van der Waals surface area contributed by atoms with E-state index in [1.165, 1.54) is 24.3 Å². The summed E-state index contributed by atoms with van der Waals surface area (Å²) in [4.78, 5) is 28.8. The quantitative estimate of drug-likeness (QED) is 0.247. The summed E-state index contributed by atoms with van der Waals surface area (Å²) in [5.41, 5.74) is 5.84. The number of amides is 2. The van der Waals surface area contributed by atoms with Gasteiger partial charge in [-0.15, -0.1) is 0 Å². The van der Waals surface area contributed by atoms with Crippen LogP contribution < -0.4 is 10.7 Å². The molecule has 182 valence electrons. The van der Waals surface area contributed by atoms with E-state index in [-0.39, 0.29) is 5.69 Å². The number of hydrogen-bond donors (Lipinski definition) is 2. The molecule has 36 heavy (non-hydrogen) atoms. The van der Waals surface area contributed by atoms with Crippen LogP contribution in [-0.2, 0) is 4.79 Å². The van der Waals surface area contributed by atoms with Crippen LogP contribution >= 0.6 is 11.6 Å². The zero-order valence-corrected chi connectivity index (χ0v) is 19.5. The highest BCUT2D eigenvalue weighted by molar-refractivity contribution is 6.30. The molecule has 1 heterocycles. The fourth-order valence-corrected chi connectivity index (χ4v) is 3.51. The normalized spacial score (nSPS) is 11.9. The summed E-state index contributed by atoms with van der Waals surface area (Å²) in [5, 5.41) is 7.13. The Morgan fingerprint density at radius 2 is 1.61 bits per heavy atom. The monoisotopic (exact) mass is 510 g/mol. The Kier molecular flexibility index (Phi) is 7.03. The van der Waals surface area contributed by atoms with E-state index in [1.54, 1.807) is 48.6 Å². The molecule has 0 unspecified atom stereocenters. The number of hydrazone groups is 1. The Morgan fingerprint density at radius 1 is 0.944 bits per heavy atom. The third-order valence-corrected chi connectivity index (χ3v) is 5.50. The van der Waals surface area contributed by atoms with Crippen molar-refractivity contribution in [3.8, 4) is 11.3 Å². The number of halogens is 4. The number of fused-ring (bicyclic) bond motifs is 1. The van der Waals surface area contributed by atoms with Gasteiger partial charge in [-0.3, -0.25) is 9.59 Å². The Bertz CT molecular complexity index is 1470. The van der Waals surface area contributed by atoms with E-state index < -0.39 is 18.0 Å². The highest BCUT2D eigenvalue weighted by atomic mass is 35.5. The number of anilines is 1. The van der Waals surface area contributed by atoms with E-state index in [9.17, 15) is 22.8 Å². The van der Waals surface area contributed by atoms with Crippen LogP contribution in [0.25, 0.3) is 22.2 Å². The second-order valence-corrected chi connectivity index (χ2v) is 8.18. The Morgan fingerprint density at radius 3 is 2.28 bits per heavy atom. The molecule has 0 saturated heterocycles. The van der Waals surface area contributed by atoms with Gasteiger partial charge in [-0.2, -0.15) is 18.3 Å². The van der Waals surface area contributed by atoms with Crippen molar-refractivity contribution < 1.29 is 22.8 Å². The first-order chi connectivity index (χ1) is 17.1. The van der Waals surface area contributed by atoms with Gasteiger partial charge in [0, 0.05) is 21.7 Å². The number of nitrogens with one attached hydrogen (secondary N) is 2. The maximum atomic E-state index is 13.1. The Hall–Kier alpha value is -4.24. The minimum absolute atomic E-state index is 0.0177. The molecule has 0 fully saturated rings. The SMILES string of the molecule is C/C(=N/NC(=O)c1cc(-c2ccc(Cl)cc2)nc2ccccc12)c1ccc(NC(=O)C(F)(F)F)cc1. The molecule has 2 N–H and O–H groups in total. The van der Waals surface area contributed by atoms with E-state index in [1.807, 2.05) is 18.2 Å². The molecule has 10 heteroatoms. The van der Waals surface area contributed by atoms with Crippen LogP contribution in [0.5, 0.6) is 0 Å². The number of alkyl halides is 3. The molecular weight excluding hydrogens is 493 g/mol. The average molecular weight is 511 g/mol. The molecule has 3 aromatic carbocycles. The molecule has 6 nitrogen and oxygen atoms in total. The maximum absolute atomic E-state index is 13.1. The van der Waals surface area contributed by atoms with Crippen molar-refractivity contribution in [1.82, 2.24) is 10.4 Å². The first-order valence-electron chi connectivity index (χ1n) is 10.6. The average Bonchev–Trinajstić information content (AvgIpc) is 2.86. The minimum atomic E-state index is -4.98. The van der Waals surface area contributed by atoms with Crippen molar-refractivity contribution in [2.75, 3.05) is 5.32 Å². The van der Waals surface area contributed by atoms with Crippen LogP contribution in [0, 0.1) is 0 Å². The number of pyridine rings is 1. The van der Waals surface area contributed by atoms with Crippen molar-refractivity contribution in [3.05, 3.63) is 95.0 Å². The fourth-order valence-electron chi connectivity index (χ4n) is 3.39. The standard InChI is InChI=1S/C26H18ClF3N4O2/c1-15(16-8-12-19(13-9-16)31-25(36)26(28,29)30)33-34-24(35)21-14-23(17-6-10-18(27)11-7-17)32-22-5-3-2-4-20(21)22/h2-14H,1H3,(H,31,36)(H,34,35)/b33-15-. The number of carbonyl (C=O) groups excluding carboxylic acids is 2. The second-order valence-electron chi connectivity index (χ2n) is 7.75. The topological polar surface area (TPSA) is 83.4 Å². The predicted molar refractivity (Wildman–Crippen MR) is 133 cm³/mol. The van der Waals surface area contributed by atoms with Crippen molar-refractivity contribution in [2.45, 2.75) is 13.1 Å². The lowest BCUT2D eigenvalue weighted by Crippen LogP contribution is -2.29. The summed E-state index contributed by atoms with van der Waals surface area (Å²) in [6.45, 7) is 1.63. The summed E-state index contributed by atoms with van der Waals surface area (Å²) in [5.74, 6) is -2.52. The highest BCUT2D eigenvalue weighted by Gasteiger charge is 2.38. The Labute approximate surface area is 208 Å². The van der Waals surface area contributed by atoms with Crippen molar-refractivity contribution >= 4 is 45.7 Å². The van der Waals surface area contributed by atoms with E-state index in [0.717, 1.165) is 5.56 Å². The van der Waals surface area contributed by atoms with Gasteiger partial charge in [-0.05, 0) is 48.9 Å². The molecule has 0 aliphatic rings. The molecule has 4 rings (SSSR count). The predicted octanol–water partition coefficient (Wildman–Crippen LogP) is 6.21. The molecule has 0 radical (unpaired) electrons. The van der Waals surface area contributed by atoms with Gasteiger partial charge in [-0.25, -0.2) is 10.4 Å². The summed E-state index contributed by atoms with van der Waals surface area (Å²) in [6.07, 6.45) is -4.98. The third kappa shape index (κ3) is 5.69. The zero-order valence-electron chi connectivity index (χ0n) is 18.7. The molecule has 0 aliphatic heterocycles.